The van der Waals surface area contributed by atoms with Crippen LogP contribution in [0.5, 0.6) is 0 Å². The highest BCUT2D eigenvalue weighted by Gasteiger charge is 2.39. The zero-order valence-electron chi connectivity index (χ0n) is 18.9. The summed E-state index contributed by atoms with van der Waals surface area (Å²) in [6.45, 7) is -0.690. The summed E-state index contributed by atoms with van der Waals surface area (Å²) in [6.07, 6.45) is -1.77. The molecule has 0 unspecified atom stereocenters. The molecule has 35 heavy (non-hydrogen) atoms. The second kappa shape index (κ2) is 11.8. The fourth-order valence-corrected chi connectivity index (χ4v) is 4.00. The first-order valence-electron chi connectivity index (χ1n) is 11.3. The summed E-state index contributed by atoms with van der Waals surface area (Å²) < 4.78 is 53.4. The van der Waals surface area contributed by atoms with Crippen LogP contribution in [0.15, 0.2) is 36.5 Å². The van der Waals surface area contributed by atoms with Gasteiger partial charge in [0.15, 0.2) is 5.69 Å². The smallest absolute Gasteiger partial charge is 0.354 e. The van der Waals surface area contributed by atoms with Gasteiger partial charge in [0.1, 0.15) is 6.67 Å². The lowest BCUT2D eigenvalue weighted by molar-refractivity contribution is -0.141. The fraction of sp³-hybridized carbons (Fsp3) is 0.478. The fourth-order valence-electron chi connectivity index (χ4n) is 4.00. The van der Waals surface area contributed by atoms with Gasteiger partial charge in [-0.3, -0.25) is 14.4 Å². The number of carbonyl (C=O) groups excluding carboxylic acids is 3. The van der Waals surface area contributed by atoms with E-state index in [9.17, 15) is 31.9 Å². The average molecular weight is 497 g/mol. The molecule has 1 saturated carbocycles. The van der Waals surface area contributed by atoms with Crippen LogP contribution in [0.2, 0.25) is 0 Å². The number of amides is 3. The molecule has 12 heteroatoms. The molecule has 3 N–H and O–H groups in total. The third-order valence-corrected chi connectivity index (χ3v) is 5.82. The first kappa shape index (κ1) is 26.2. The van der Waals surface area contributed by atoms with Crippen molar-refractivity contribution in [3.63, 3.8) is 0 Å². The quantitative estimate of drug-likeness (QED) is 0.366. The molecule has 0 spiro atoms. The first-order valence-corrected chi connectivity index (χ1v) is 11.3. The Labute approximate surface area is 199 Å². The maximum atomic E-state index is 13.4. The van der Waals surface area contributed by atoms with Crippen molar-refractivity contribution in [1.29, 1.82) is 0 Å². The molecule has 1 aromatic carbocycles. The Bertz CT molecular complexity index is 1020. The Morgan fingerprint density at radius 1 is 0.886 bits per heavy atom. The molecule has 1 aromatic heterocycles. The van der Waals surface area contributed by atoms with E-state index in [2.05, 4.69) is 21.0 Å². The summed E-state index contributed by atoms with van der Waals surface area (Å²) in [7, 11) is 0. The van der Waals surface area contributed by atoms with Gasteiger partial charge in [-0.1, -0.05) is 18.2 Å². The van der Waals surface area contributed by atoms with E-state index in [0.29, 0.717) is 31.4 Å². The highest BCUT2D eigenvalue weighted by molar-refractivity contribution is 5.95. The summed E-state index contributed by atoms with van der Waals surface area (Å²) in [5.74, 6) is -1.94. The van der Waals surface area contributed by atoms with E-state index in [4.69, 9.17) is 0 Å². The number of alkyl halides is 4. The predicted octanol–water partition coefficient (Wildman–Crippen LogP) is 2.63. The standard InChI is InChI=1S/C23H27F4N5O3/c24-10-11-28-20(33)15-6-8-16(9-7-15)21(34)29-12-13-30-22(35)18-14-32(17-4-2-1-3-5-17)31-19(18)23(25,26)27/h1-5,14-16H,6-13H2,(H,28,33)(H,29,34)(H,30,35). The van der Waals surface area contributed by atoms with Crippen molar-refractivity contribution in [1.82, 2.24) is 25.7 Å². The van der Waals surface area contributed by atoms with Crippen LogP contribution >= 0.6 is 0 Å². The molecular weight excluding hydrogens is 470 g/mol. The highest BCUT2D eigenvalue weighted by atomic mass is 19.4. The number of aromatic nitrogens is 2. The summed E-state index contributed by atoms with van der Waals surface area (Å²) in [4.78, 5) is 36.7. The number of halogens is 4. The minimum absolute atomic E-state index is 0.0253. The molecule has 0 saturated heterocycles. The summed E-state index contributed by atoms with van der Waals surface area (Å²) in [5, 5.41) is 11.1. The number of para-hydroxylation sites is 1. The van der Waals surface area contributed by atoms with Gasteiger partial charge in [0.25, 0.3) is 5.91 Å². The monoisotopic (exact) mass is 497 g/mol. The Balaban J connectivity index is 1.48. The second-order valence-electron chi connectivity index (χ2n) is 8.24. The van der Waals surface area contributed by atoms with Crippen molar-refractivity contribution >= 4 is 17.7 Å². The molecule has 3 rings (SSSR count). The number of nitrogens with zero attached hydrogens (tertiary/aromatic N) is 2. The minimum Gasteiger partial charge on any atom is -0.354 e. The number of nitrogens with one attached hydrogen (secondary N) is 3. The van der Waals surface area contributed by atoms with Crippen LogP contribution in [0.3, 0.4) is 0 Å². The van der Waals surface area contributed by atoms with Crippen molar-refractivity contribution in [2.45, 2.75) is 31.9 Å². The normalized spacial score (nSPS) is 18.1. The Kier molecular flexibility index (Phi) is 8.83. The highest BCUT2D eigenvalue weighted by Crippen LogP contribution is 2.31. The van der Waals surface area contributed by atoms with Crippen LogP contribution < -0.4 is 16.0 Å². The largest absolute Gasteiger partial charge is 0.435 e. The van der Waals surface area contributed by atoms with Crippen LogP contribution in [0.25, 0.3) is 5.69 Å². The third kappa shape index (κ3) is 7.03. The molecule has 8 nitrogen and oxygen atoms in total. The van der Waals surface area contributed by atoms with E-state index >= 15 is 0 Å². The molecule has 1 aliphatic carbocycles. The van der Waals surface area contributed by atoms with Crippen molar-refractivity contribution < 1.29 is 31.9 Å². The number of hydrogen-bond acceptors (Lipinski definition) is 4. The molecule has 1 fully saturated rings. The maximum Gasteiger partial charge on any atom is 0.435 e. The third-order valence-electron chi connectivity index (χ3n) is 5.82. The van der Waals surface area contributed by atoms with Gasteiger partial charge in [-0.15, -0.1) is 0 Å². The molecule has 3 amide bonds. The van der Waals surface area contributed by atoms with Crippen molar-refractivity contribution in [3.05, 3.63) is 47.8 Å². The van der Waals surface area contributed by atoms with E-state index in [0.717, 1.165) is 10.9 Å². The number of benzene rings is 1. The molecule has 0 bridgehead atoms. The van der Waals surface area contributed by atoms with E-state index in [-0.39, 0.29) is 43.3 Å². The van der Waals surface area contributed by atoms with E-state index in [1.165, 1.54) is 0 Å². The van der Waals surface area contributed by atoms with Gasteiger partial charge in [0, 0.05) is 37.7 Å². The predicted molar refractivity (Wildman–Crippen MR) is 118 cm³/mol. The Morgan fingerprint density at radius 2 is 1.43 bits per heavy atom. The van der Waals surface area contributed by atoms with Crippen LogP contribution in [-0.2, 0) is 15.8 Å². The van der Waals surface area contributed by atoms with Gasteiger partial charge >= 0.3 is 6.18 Å². The zero-order chi connectivity index (χ0) is 25.4. The Morgan fingerprint density at radius 3 is 1.97 bits per heavy atom. The number of rotatable bonds is 9. The molecule has 190 valence electrons. The average Bonchev–Trinajstić information content (AvgIpc) is 3.32. The van der Waals surface area contributed by atoms with Crippen LogP contribution in [0.1, 0.15) is 41.7 Å². The SMILES string of the molecule is O=C(NCCNC(=O)C1CCC(C(=O)NCCF)CC1)c1cn(-c2ccccc2)nc1C(F)(F)F. The lowest BCUT2D eigenvalue weighted by Gasteiger charge is -2.27. The van der Waals surface area contributed by atoms with Gasteiger partial charge < -0.3 is 16.0 Å². The van der Waals surface area contributed by atoms with Crippen LogP contribution in [0.4, 0.5) is 17.6 Å². The molecule has 1 aliphatic rings. The summed E-state index contributed by atoms with van der Waals surface area (Å²) in [6, 6.07) is 8.11. The van der Waals surface area contributed by atoms with Gasteiger partial charge in [0.2, 0.25) is 11.8 Å². The lowest BCUT2D eigenvalue weighted by Crippen LogP contribution is -2.40. The van der Waals surface area contributed by atoms with E-state index < -0.39 is 30.0 Å². The summed E-state index contributed by atoms with van der Waals surface area (Å²) in [5.41, 5.74) is -1.54. The second-order valence-corrected chi connectivity index (χ2v) is 8.24. The zero-order valence-corrected chi connectivity index (χ0v) is 18.9. The lowest BCUT2D eigenvalue weighted by atomic mass is 9.81. The van der Waals surface area contributed by atoms with Crippen molar-refractivity contribution in [2.24, 2.45) is 11.8 Å². The minimum atomic E-state index is -4.82. The molecule has 0 radical (unpaired) electrons. The van der Waals surface area contributed by atoms with Crippen molar-refractivity contribution in [2.75, 3.05) is 26.3 Å². The first-order chi connectivity index (χ1) is 16.7. The van der Waals surface area contributed by atoms with Crippen LogP contribution in [-0.4, -0.2) is 53.8 Å². The van der Waals surface area contributed by atoms with Crippen molar-refractivity contribution in [3.8, 4) is 5.69 Å². The number of hydrogen-bond donors (Lipinski definition) is 3. The maximum absolute atomic E-state index is 13.4. The topological polar surface area (TPSA) is 105 Å². The number of carbonyl (C=O) groups is 3. The molecule has 0 atom stereocenters. The summed E-state index contributed by atoms with van der Waals surface area (Å²) >= 11 is 0. The van der Waals surface area contributed by atoms with Gasteiger partial charge in [-0.25, -0.2) is 9.07 Å². The van der Waals surface area contributed by atoms with Gasteiger partial charge in [-0.2, -0.15) is 18.3 Å². The van der Waals surface area contributed by atoms with E-state index in [1.807, 2.05) is 0 Å². The Hall–Kier alpha value is -3.44. The van der Waals surface area contributed by atoms with Gasteiger partial charge in [0.05, 0.1) is 11.3 Å². The van der Waals surface area contributed by atoms with Crippen LogP contribution in [0, 0.1) is 11.8 Å². The molecule has 2 aromatic rings. The molecular formula is C23H27F4N5O3. The molecule has 0 aliphatic heterocycles. The van der Waals surface area contributed by atoms with Gasteiger partial charge in [-0.05, 0) is 37.8 Å². The van der Waals surface area contributed by atoms with E-state index in [1.54, 1.807) is 30.3 Å². The molecule has 1 heterocycles.